The van der Waals surface area contributed by atoms with Gasteiger partial charge in [0.05, 0.1) is 6.61 Å². The van der Waals surface area contributed by atoms with Gasteiger partial charge in [0.15, 0.2) is 0 Å². The second-order valence-electron chi connectivity index (χ2n) is 14.0. The molecule has 0 aromatic heterocycles. The number of fused-ring (bicyclic) bond motifs is 8. The molecule has 0 amide bonds. The van der Waals surface area contributed by atoms with E-state index in [9.17, 15) is 4.79 Å². The molecule has 4 N–H and O–H groups in total. The maximum absolute atomic E-state index is 12.4. The van der Waals surface area contributed by atoms with Gasteiger partial charge in [0.1, 0.15) is 0 Å². The average molecular weight is 555 g/mol. The Balaban J connectivity index is 1.45. The van der Waals surface area contributed by atoms with Crippen molar-refractivity contribution >= 4 is 5.97 Å². The van der Waals surface area contributed by atoms with Gasteiger partial charge in [-0.1, -0.05) is 63.3 Å². The molecule has 12 unspecified atom stereocenters. The highest BCUT2D eigenvalue weighted by Gasteiger charge is 2.46. The third-order valence-electron chi connectivity index (χ3n) is 12.2. The first-order valence-corrected chi connectivity index (χ1v) is 16.7. The Morgan fingerprint density at radius 1 is 0.700 bits per heavy atom. The van der Waals surface area contributed by atoms with E-state index in [1.165, 1.54) is 30.4 Å². The minimum absolute atomic E-state index is 0.0674. The van der Waals surface area contributed by atoms with E-state index in [0.717, 1.165) is 25.7 Å². The number of nitrogens with one attached hydrogen (secondary N) is 4. The van der Waals surface area contributed by atoms with E-state index in [2.05, 4.69) is 69.7 Å². The Morgan fingerprint density at radius 2 is 1.20 bits per heavy atom. The average Bonchev–Trinajstić information content (AvgIpc) is 3.57. The van der Waals surface area contributed by atoms with Crippen molar-refractivity contribution in [2.24, 2.45) is 23.7 Å². The van der Waals surface area contributed by atoms with Crippen molar-refractivity contribution in [1.29, 1.82) is 0 Å². The van der Waals surface area contributed by atoms with Gasteiger partial charge in [-0.25, -0.2) is 0 Å². The molecule has 5 rings (SSSR count). The van der Waals surface area contributed by atoms with Gasteiger partial charge in [0.25, 0.3) is 0 Å². The van der Waals surface area contributed by atoms with Crippen LogP contribution in [0.2, 0.25) is 0 Å². The minimum Gasteiger partial charge on any atom is -0.466 e. The first-order valence-electron chi connectivity index (χ1n) is 16.7. The second-order valence-corrected chi connectivity index (χ2v) is 14.0. The molecule has 0 spiro atoms. The van der Waals surface area contributed by atoms with Crippen LogP contribution in [0.3, 0.4) is 0 Å². The van der Waals surface area contributed by atoms with E-state index in [4.69, 9.17) is 4.74 Å². The van der Waals surface area contributed by atoms with E-state index >= 15 is 0 Å². The zero-order chi connectivity index (χ0) is 28.7. The molecule has 5 aliphatic rings. The van der Waals surface area contributed by atoms with Crippen LogP contribution < -0.4 is 21.3 Å². The molecule has 3 fully saturated rings. The zero-order valence-corrected chi connectivity index (χ0v) is 26.6. The van der Waals surface area contributed by atoms with Gasteiger partial charge in [-0.3, -0.25) is 4.79 Å². The lowest BCUT2D eigenvalue weighted by Gasteiger charge is -2.27. The molecule has 6 nitrogen and oxygen atoms in total. The molecule has 0 saturated carbocycles. The van der Waals surface area contributed by atoms with Crippen molar-refractivity contribution < 1.29 is 9.53 Å². The molecule has 6 heteroatoms. The molecule has 40 heavy (non-hydrogen) atoms. The highest BCUT2D eigenvalue weighted by molar-refractivity contribution is 5.69. The van der Waals surface area contributed by atoms with Crippen molar-refractivity contribution in [1.82, 2.24) is 21.3 Å². The van der Waals surface area contributed by atoms with Crippen LogP contribution >= 0.6 is 0 Å². The summed E-state index contributed by atoms with van der Waals surface area (Å²) in [6, 6.07) is 3.76. The van der Waals surface area contributed by atoms with Crippen LogP contribution in [0.1, 0.15) is 107 Å². The first-order chi connectivity index (χ1) is 19.2. The number of hydrogen-bond acceptors (Lipinski definition) is 6. The second kappa shape index (κ2) is 12.6. The lowest BCUT2D eigenvalue weighted by molar-refractivity contribution is -0.143. The van der Waals surface area contributed by atoms with E-state index < -0.39 is 0 Å². The molecule has 8 bridgehead atoms. The normalized spacial score (nSPS) is 43.6. The highest BCUT2D eigenvalue weighted by Crippen LogP contribution is 2.41. The summed E-state index contributed by atoms with van der Waals surface area (Å²) in [5.41, 5.74) is 6.22. The van der Waals surface area contributed by atoms with Gasteiger partial charge in [0, 0.05) is 54.8 Å². The van der Waals surface area contributed by atoms with Crippen molar-refractivity contribution in [2.75, 3.05) is 6.61 Å². The molecule has 0 aromatic rings. The van der Waals surface area contributed by atoms with E-state index in [1.807, 2.05) is 6.92 Å². The van der Waals surface area contributed by atoms with Crippen LogP contribution in [0.4, 0.5) is 0 Å². The molecular formula is C34H58N4O2. The predicted molar refractivity (Wildman–Crippen MR) is 164 cm³/mol. The third-order valence-corrected chi connectivity index (χ3v) is 12.2. The Bertz CT molecular complexity index is 990. The molecular weight excluding hydrogens is 496 g/mol. The highest BCUT2D eigenvalue weighted by atomic mass is 16.5. The molecule has 0 aromatic carbocycles. The van der Waals surface area contributed by atoms with Crippen LogP contribution in [0.5, 0.6) is 0 Å². The van der Waals surface area contributed by atoms with Crippen molar-refractivity contribution in [2.45, 2.75) is 155 Å². The summed E-state index contributed by atoms with van der Waals surface area (Å²) in [4.78, 5) is 12.4. The van der Waals surface area contributed by atoms with E-state index in [-0.39, 0.29) is 5.97 Å². The smallest absolute Gasteiger partial charge is 0.306 e. The number of carbonyl (C=O) groups is 1. The molecule has 5 heterocycles. The van der Waals surface area contributed by atoms with Crippen LogP contribution in [0, 0.1) is 23.7 Å². The van der Waals surface area contributed by atoms with E-state index in [1.54, 1.807) is 11.1 Å². The number of carbonyl (C=O) groups excluding carboxylic acids is 1. The maximum Gasteiger partial charge on any atom is 0.306 e. The Labute approximate surface area is 244 Å². The lowest BCUT2D eigenvalue weighted by Crippen LogP contribution is -2.45. The maximum atomic E-state index is 12.4. The summed E-state index contributed by atoms with van der Waals surface area (Å²) in [6.07, 6.45) is 8.26. The van der Waals surface area contributed by atoms with Gasteiger partial charge in [-0.2, -0.15) is 0 Å². The fourth-order valence-corrected chi connectivity index (χ4v) is 9.50. The Kier molecular flexibility index (Phi) is 9.51. The number of hydrogen-bond donors (Lipinski definition) is 4. The molecule has 12 atom stereocenters. The molecule has 226 valence electrons. The molecule has 0 aliphatic carbocycles. The molecule has 0 radical (unpaired) electrons. The standard InChI is InChI=1S/C34H58N4O2/c1-9-23-20(6)28-14-26-18(4)19(5)27(35-26)15-29-22(8)25(12-13-34(39)40-11-3)33(38-29)16-30-21(7)24(10-2)32(37-30)17-31(23)36-28/h18-19,21,24,26-33,35-38H,9-17H2,1-8H3. The number of ether oxygens (including phenoxy) is 1. The van der Waals surface area contributed by atoms with Crippen LogP contribution in [-0.4, -0.2) is 60.9 Å². The monoisotopic (exact) mass is 554 g/mol. The van der Waals surface area contributed by atoms with Crippen molar-refractivity contribution in [3.05, 3.63) is 22.3 Å². The van der Waals surface area contributed by atoms with Crippen LogP contribution in [0.25, 0.3) is 0 Å². The predicted octanol–water partition coefficient (Wildman–Crippen LogP) is 5.24. The lowest BCUT2D eigenvalue weighted by atomic mass is 9.81. The van der Waals surface area contributed by atoms with Gasteiger partial charge < -0.3 is 26.0 Å². The fraction of sp³-hybridized carbons (Fsp3) is 0.853. The summed E-state index contributed by atoms with van der Waals surface area (Å²) in [5.74, 6) is 2.58. The van der Waals surface area contributed by atoms with Crippen LogP contribution in [0.15, 0.2) is 22.3 Å². The summed E-state index contributed by atoms with van der Waals surface area (Å²) in [7, 11) is 0. The van der Waals surface area contributed by atoms with Crippen molar-refractivity contribution in [3.63, 3.8) is 0 Å². The molecule has 5 aliphatic heterocycles. The van der Waals surface area contributed by atoms with E-state index in [0.29, 0.717) is 85.0 Å². The summed E-state index contributed by atoms with van der Waals surface area (Å²) < 4.78 is 5.32. The number of rotatable bonds is 6. The first kappa shape index (κ1) is 30.3. The minimum atomic E-state index is -0.0674. The Hall–Kier alpha value is -1.21. The molecule has 3 saturated heterocycles. The van der Waals surface area contributed by atoms with Gasteiger partial charge in [-0.15, -0.1) is 0 Å². The summed E-state index contributed by atoms with van der Waals surface area (Å²) in [5, 5.41) is 16.6. The van der Waals surface area contributed by atoms with Gasteiger partial charge in [-0.05, 0) is 83.0 Å². The number of esters is 1. The topological polar surface area (TPSA) is 74.4 Å². The van der Waals surface area contributed by atoms with Crippen LogP contribution in [-0.2, 0) is 9.53 Å². The largest absolute Gasteiger partial charge is 0.466 e. The SMILES string of the molecule is CCOC(=O)CCC1=C(C)C2CC3NC(CC4NC(CC5NC(CC1N2)C(C)C5CC)C(CC)=C4C)C(C)C3C. The third kappa shape index (κ3) is 5.72. The fourth-order valence-electron chi connectivity index (χ4n) is 9.50. The Morgan fingerprint density at radius 3 is 1.77 bits per heavy atom. The van der Waals surface area contributed by atoms with Gasteiger partial charge in [0.2, 0.25) is 0 Å². The van der Waals surface area contributed by atoms with Gasteiger partial charge >= 0.3 is 5.97 Å². The summed E-state index contributed by atoms with van der Waals surface area (Å²) in [6.45, 7) is 19.3. The quantitative estimate of drug-likeness (QED) is 0.266. The summed E-state index contributed by atoms with van der Waals surface area (Å²) >= 11 is 0. The zero-order valence-electron chi connectivity index (χ0n) is 26.6. The van der Waals surface area contributed by atoms with Crippen molar-refractivity contribution in [3.8, 4) is 0 Å².